The number of aliphatic hydroxyl groups excluding tert-OH is 2. The van der Waals surface area contributed by atoms with E-state index in [0.29, 0.717) is 6.54 Å². The van der Waals surface area contributed by atoms with Crippen molar-refractivity contribution < 1.29 is 39.1 Å². The van der Waals surface area contributed by atoms with Gasteiger partial charge in [0.2, 0.25) is 6.29 Å². The smallest absolute Gasteiger partial charge is 0.267 e. The second kappa shape index (κ2) is 9.40. The van der Waals surface area contributed by atoms with E-state index in [1.54, 1.807) is 33.2 Å². The summed E-state index contributed by atoms with van der Waals surface area (Å²) in [6, 6.07) is 5.18. The summed E-state index contributed by atoms with van der Waals surface area (Å²) in [5.74, 6) is -2.69. The standard InChI is InChI=1S/C21H33FN4O7/c1-11-8-20(29,10-25-9-12-4-6-13(22)7-5-12)21(30)19(31-11)32-18-16(28)14(23-2)15(27)17(24-3)26(18)33-21/h4-7,11,14-19,23-25,27-30H,8-10H2,1-3H3. The molecule has 3 saturated heterocycles. The Morgan fingerprint density at radius 1 is 1.09 bits per heavy atom. The third-order valence-corrected chi connectivity index (χ3v) is 6.64. The van der Waals surface area contributed by atoms with Crippen LogP contribution < -0.4 is 16.0 Å². The van der Waals surface area contributed by atoms with Gasteiger partial charge in [0.15, 0.2) is 6.23 Å². The van der Waals surface area contributed by atoms with Crippen LogP contribution in [0.2, 0.25) is 0 Å². The predicted molar refractivity (Wildman–Crippen MR) is 112 cm³/mol. The lowest BCUT2D eigenvalue weighted by Gasteiger charge is -2.60. The summed E-state index contributed by atoms with van der Waals surface area (Å²) < 4.78 is 24.8. The molecule has 7 N–H and O–H groups in total. The first kappa shape index (κ1) is 24.8. The highest BCUT2D eigenvalue weighted by atomic mass is 19.1. The second-order valence-corrected chi connectivity index (χ2v) is 8.95. The Hall–Kier alpha value is -1.29. The van der Waals surface area contributed by atoms with E-state index >= 15 is 0 Å². The summed E-state index contributed by atoms with van der Waals surface area (Å²) in [6.07, 6.45) is -6.17. The van der Waals surface area contributed by atoms with Crippen molar-refractivity contribution in [3.8, 4) is 0 Å². The molecule has 4 rings (SSSR count). The molecule has 3 heterocycles. The third-order valence-electron chi connectivity index (χ3n) is 6.64. The van der Waals surface area contributed by atoms with E-state index in [1.807, 2.05) is 0 Å². The van der Waals surface area contributed by atoms with Crippen LogP contribution in [-0.2, 0) is 20.9 Å². The Labute approximate surface area is 191 Å². The monoisotopic (exact) mass is 472 g/mol. The molecular formula is C21H33FN4O7. The number of hydrogen-bond acceptors (Lipinski definition) is 11. The fraction of sp³-hybridized carbons (Fsp3) is 0.714. The lowest BCUT2D eigenvalue weighted by Crippen LogP contribution is -2.82. The van der Waals surface area contributed by atoms with Gasteiger partial charge in [0.1, 0.15) is 29.8 Å². The lowest BCUT2D eigenvalue weighted by molar-refractivity contribution is -0.550. The molecule has 0 aromatic heterocycles. The quantitative estimate of drug-likeness (QED) is 0.245. The van der Waals surface area contributed by atoms with Crippen LogP contribution in [-0.4, -0.2) is 101 Å². The second-order valence-electron chi connectivity index (χ2n) is 8.95. The number of ether oxygens (including phenoxy) is 2. The average molecular weight is 473 g/mol. The van der Waals surface area contributed by atoms with E-state index in [-0.39, 0.29) is 18.8 Å². The zero-order valence-corrected chi connectivity index (χ0v) is 18.8. The van der Waals surface area contributed by atoms with Crippen LogP contribution in [0.1, 0.15) is 18.9 Å². The van der Waals surface area contributed by atoms with Crippen molar-refractivity contribution in [3.05, 3.63) is 35.6 Å². The Bertz CT molecular complexity index is 822. The summed E-state index contributed by atoms with van der Waals surface area (Å²) in [6.45, 7) is 1.95. The number of hydrogen-bond donors (Lipinski definition) is 7. The van der Waals surface area contributed by atoms with Crippen LogP contribution in [0.3, 0.4) is 0 Å². The molecule has 3 aliphatic heterocycles. The maximum atomic E-state index is 13.2. The Kier molecular flexibility index (Phi) is 7.07. The summed E-state index contributed by atoms with van der Waals surface area (Å²) >= 11 is 0. The molecule has 33 heavy (non-hydrogen) atoms. The van der Waals surface area contributed by atoms with E-state index < -0.39 is 54.4 Å². The van der Waals surface area contributed by atoms with Gasteiger partial charge in [0.25, 0.3) is 5.79 Å². The Balaban J connectivity index is 1.56. The predicted octanol–water partition coefficient (Wildman–Crippen LogP) is -2.07. The van der Waals surface area contributed by atoms with Crippen LogP contribution in [0.15, 0.2) is 24.3 Å². The Morgan fingerprint density at radius 3 is 2.42 bits per heavy atom. The van der Waals surface area contributed by atoms with Crippen molar-refractivity contribution in [1.82, 2.24) is 21.0 Å². The van der Waals surface area contributed by atoms with Gasteiger partial charge in [-0.05, 0) is 38.7 Å². The molecule has 0 bridgehead atoms. The minimum Gasteiger partial charge on any atom is -0.388 e. The number of rotatable bonds is 6. The third kappa shape index (κ3) is 4.30. The van der Waals surface area contributed by atoms with E-state index in [1.165, 1.54) is 12.1 Å². The fourth-order valence-corrected chi connectivity index (χ4v) is 4.87. The molecule has 1 aromatic carbocycles. The van der Waals surface area contributed by atoms with Gasteiger partial charge in [-0.1, -0.05) is 12.1 Å². The van der Waals surface area contributed by atoms with Gasteiger partial charge in [-0.3, -0.25) is 4.84 Å². The van der Waals surface area contributed by atoms with Crippen molar-refractivity contribution in [3.63, 3.8) is 0 Å². The molecular weight excluding hydrogens is 439 g/mol. The summed E-state index contributed by atoms with van der Waals surface area (Å²) in [5.41, 5.74) is -1.06. The van der Waals surface area contributed by atoms with Gasteiger partial charge in [-0.25, -0.2) is 4.39 Å². The molecule has 0 amide bonds. The topological polar surface area (TPSA) is 148 Å². The van der Waals surface area contributed by atoms with Crippen LogP contribution in [0.25, 0.3) is 0 Å². The van der Waals surface area contributed by atoms with Gasteiger partial charge in [0, 0.05) is 19.5 Å². The van der Waals surface area contributed by atoms with Gasteiger partial charge in [-0.15, -0.1) is 5.06 Å². The van der Waals surface area contributed by atoms with Crippen molar-refractivity contribution in [2.45, 2.75) is 74.3 Å². The minimum absolute atomic E-state index is 0.0206. The molecule has 11 nitrogen and oxygen atoms in total. The maximum absolute atomic E-state index is 13.2. The zero-order valence-electron chi connectivity index (χ0n) is 18.8. The van der Waals surface area contributed by atoms with E-state index in [2.05, 4.69) is 16.0 Å². The number of hydroxylamine groups is 2. The molecule has 0 aliphatic carbocycles. The maximum Gasteiger partial charge on any atom is 0.267 e. The first-order chi connectivity index (χ1) is 15.6. The molecule has 0 saturated carbocycles. The first-order valence-corrected chi connectivity index (χ1v) is 11.0. The van der Waals surface area contributed by atoms with Crippen molar-refractivity contribution in [2.24, 2.45) is 0 Å². The van der Waals surface area contributed by atoms with Crippen molar-refractivity contribution in [2.75, 3.05) is 20.6 Å². The number of likely N-dealkylation sites (N-methyl/N-ethyl adjacent to an activating group) is 2. The number of piperidine rings is 1. The molecule has 3 fully saturated rings. The van der Waals surface area contributed by atoms with E-state index in [4.69, 9.17) is 14.3 Å². The van der Waals surface area contributed by atoms with Gasteiger partial charge in [-0.2, -0.15) is 0 Å². The number of halogens is 1. The molecule has 9 unspecified atom stereocenters. The molecule has 0 spiro atoms. The highest BCUT2D eigenvalue weighted by molar-refractivity contribution is 5.16. The van der Waals surface area contributed by atoms with E-state index in [0.717, 1.165) is 10.6 Å². The normalized spacial score (nSPS) is 43.7. The molecule has 9 atom stereocenters. The summed E-state index contributed by atoms with van der Waals surface area (Å²) in [5, 5.41) is 54.5. The van der Waals surface area contributed by atoms with E-state index in [9.17, 15) is 24.8 Å². The van der Waals surface area contributed by atoms with Gasteiger partial charge in [0.05, 0.1) is 12.1 Å². The zero-order chi connectivity index (χ0) is 24.0. The molecule has 186 valence electrons. The van der Waals surface area contributed by atoms with Crippen molar-refractivity contribution in [1.29, 1.82) is 0 Å². The fourth-order valence-electron chi connectivity index (χ4n) is 4.87. The Morgan fingerprint density at radius 2 is 1.79 bits per heavy atom. The van der Waals surface area contributed by atoms with Crippen LogP contribution in [0.4, 0.5) is 4.39 Å². The number of fused-ring (bicyclic) bond motifs is 2. The van der Waals surface area contributed by atoms with Crippen LogP contribution in [0, 0.1) is 5.82 Å². The first-order valence-electron chi connectivity index (χ1n) is 11.0. The number of nitrogens with one attached hydrogen (secondary N) is 3. The van der Waals surface area contributed by atoms with Gasteiger partial charge >= 0.3 is 0 Å². The largest absolute Gasteiger partial charge is 0.388 e. The molecule has 3 aliphatic rings. The minimum atomic E-state index is -2.34. The number of nitrogens with zero attached hydrogens (tertiary/aromatic N) is 1. The average Bonchev–Trinajstić information content (AvgIpc) is 2.76. The highest BCUT2D eigenvalue weighted by Gasteiger charge is 2.68. The molecule has 0 radical (unpaired) electrons. The molecule has 12 heteroatoms. The van der Waals surface area contributed by atoms with Crippen molar-refractivity contribution >= 4 is 0 Å². The van der Waals surface area contributed by atoms with Crippen LogP contribution in [0.5, 0.6) is 0 Å². The van der Waals surface area contributed by atoms with Gasteiger partial charge < -0.3 is 45.9 Å². The number of aliphatic hydroxyl groups is 4. The SMILES string of the molecule is CNC1C(O)C(NC)N2OC3(O)C(OC(C)CC3(O)CNCc3ccc(F)cc3)OC2C1O. The number of benzene rings is 1. The summed E-state index contributed by atoms with van der Waals surface area (Å²) in [4.78, 5) is 5.89. The summed E-state index contributed by atoms with van der Waals surface area (Å²) in [7, 11) is 3.19. The van der Waals surface area contributed by atoms with Crippen LogP contribution >= 0.6 is 0 Å². The molecule has 1 aromatic rings. The lowest BCUT2D eigenvalue weighted by atomic mass is 9.83. The highest BCUT2D eigenvalue weighted by Crippen LogP contribution is 2.45.